The molecule has 0 spiro atoms. The van der Waals surface area contributed by atoms with Crippen LogP contribution < -0.4 is 14.8 Å². The molecule has 30 heavy (non-hydrogen) atoms. The highest BCUT2D eigenvalue weighted by atomic mass is 16.5. The lowest BCUT2D eigenvalue weighted by molar-refractivity contribution is 0.101. The Morgan fingerprint density at radius 1 is 1.00 bits per heavy atom. The van der Waals surface area contributed by atoms with Crippen molar-refractivity contribution in [3.63, 3.8) is 0 Å². The fourth-order valence-electron chi connectivity index (χ4n) is 3.96. The van der Waals surface area contributed by atoms with Crippen LogP contribution in [-0.4, -0.2) is 37.0 Å². The number of rotatable bonds is 10. The molecular weight excluding hydrogens is 374 g/mol. The highest BCUT2D eigenvalue weighted by Crippen LogP contribution is 2.42. The normalized spacial score (nSPS) is 16.7. The number of hydrogen-bond donors (Lipinski definition) is 2. The van der Waals surface area contributed by atoms with Crippen LogP contribution in [-0.2, 0) is 10.8 Å². The first kappa shape index (κ1) is 25.0. The molecule has 0 aliphatic heterocycles. The summed E-state index contributed by atoms with van der Waals surface area (Å²) in [6.07, 6.45) is 6.67. The summed E-state index contributed by atoms with van der Waals surface area (Å²) in [7, 11) is 0. The molecule has 1 aromatic carbocycles. The largest absolute Gasteiger partial charge is 0.494 e. The molecule has 0 amide bonds. The minimum Gasteiger partial charge on any atom is -0.494 e. The van der Waals surface area contributed by atoms with Gasteiger partial charge in [0.25, 0.3) is 0 Å². The second-order valence-electron chi connectivity index (χ2n) is 10.9. The Labute approximate surface area is 184 Å². The van der Waals surface area contributed by atoms with Gasteiger partial charge in [0.1, 0.15) is 24.2 Å². The lowest BCUT2D eigenvalue weighted by atomic mass is 9.79. The van der Waals surface area contributed by atoms with Crippen LogP contribution in [0, 0.1) is 0 Å². The van der Waals surface area contributed by atoms with Crippen LogP contribution in [0.2, 0.25) is 0 Å². The number of ether oxygens (including phenoxy) is 2. The molecular formula is C26H45NO3. The number of hydrogen-bond acceptors (Lipinski definition) is 4. The van der Waals surface area contributed by atoms with Crippen molar-refractivity contribution in [2.75, 3.05) is 19.8 Å². The maximum absolute atomic E-state index is 10.5. The van der Waals surface area contributed by atoms with Gasteiger partial charge in [-0.25, -0.2) is 0 Å². The SMILES string of the molecule is CCCCOc1cc(C(C)(C)C)c(OCC(O)CNC2CCCC2)c(C(C)(C)C)c1. The Balaban J connectivity index is 2.21. The molecule has 1 aromatic rings. The summed E-state index contributed by atoms with van der Waals surface area (Å²) in [5.41, 5.74) is 2.09. The fourth-order valence-corrected chi connectivity index (χ4v) is 3.96. The molecule has 1 aliphatic carbocycles. The van der Waals surface area contributed by atoms with Crippen molar-refractivity contribution >= 4 is 0 Å². The molecule has 0 saturated heterocycles. The van der Waals surface area contributed by atoms with Crippen molar-refractivity contribution in [1.82, 2.24) is 5.32 Å². The molecule has 0 radical (unpaired) electrons. The molecule has 1 atom stereocenters. The van der Waals surface area contributed by atoms with Crippen LogP contribution in [0.15, 0.2) is 12.1 Å². The Kier molecular flexibility index (Phi) is 9.05. The zero-order chi connectivity index (χ0) is 22.4. The summed E-state index contributed by atoms with van der Waals surface area (Å²) in [4.78, 5) is 0. The Hall–Kier alpha value is -1.26. The molecule has 4 heteroatoms. The van der Waals surface area contributed by atoms with E-state index in [4.69, 9.17) is 9.47 Å². The standard InChI is InChI=1S/C26H45NO3/c1-8-9-14-29-21-15-22(25(2,3)4)24(23(16-21)26(5,6)7)30-18-20(28)17-27-19-12-10-11-13-19/h15-16,19-20,27-28H,8-14,17-18H2,1-7H3. The van der Waals surface area contributed by atoms with Gasteiger partial charge in [-0.1, -0.05) is 67.7 Å². The fraction of sp³-hybridized carbons (Fsp3) is 0.769. The van der Waals surface area contributed by atoms with Gasteiger partial charge in [-0.05, 0) is 42.2 Å². The summed E-state index contributed by atoms with van der Waals surface area (Å²) in [6.45, 7) is 17.0. The van der Waals surface area contributed by atoms with E-state index in [0.717, 1.165) is 42.1 Å². The smallest absolute Gasteiger partial charge is 0.127 e. The number of nitrogens with one attached hydrogen (secondary N) is 1. The molecule has 2 rings (SSSR count). The molecule has 172 valence electrons. The van der Waals surface area contributed by atoms with Crippen molar-refractivity contribution in [2.24, 2.45) is 0 Å². The van der Waals surface area contributed by atoms with E-state index in [0.29, 0.717) is 19.2 Å². The van der Waals surface area contributed by atoms with E-state index in [9.17, 15) is 5.11 Å². The summed E-state index contributed by atoms with van der Waals surface area (Å²) in [5.74, 6) is 1.81. The quantitative estimate of drug-likeness (QED) is 0.475. The van der Waals surface area contributed by atoms with Gasteiger partial charge in [0.15, 0.2) is 0 Å². The third-order valence-corrected chi connectivity index (χ3v) is 5.86. The summed E-state index contributed by atoms with van der Waals surface area (Å²) in [6, 6.07) is 4.81. The van der Waals surface area contributed by atoms with Crippen LogP contribution in [0.5, 0.6) is 11.5 Å². The zero-order valence-electron chi connectivity index (χ0n) is 20.4. The second-order valence-corrected chi connectivity index (χ2v) is 10.9. The molecule has 4 nitrogen and oxygen atoms in total. The Morgan fingerprint density at radius 2 is 1.57 bits per heavy atom. The summed E-state index contributed by atoms with van der Waals surface area (Å²) in [5, 5.41) is 14.0. The number of aliphatic hydroxyl groups excluding tert-OH is 1. The topological polar surface area (TPSA) is 50.7 Å². The highest BCUT2D eigenvalue weighted by molar-refractivity contribution is 5.53. The van der Waals surface area contributed by atoms with Gasteiger partial charge in [0, 0.05) is 23.7 Å². The first-order chi connectivity index (χ1) is 14.0. The first-order valence-corrected chi connectivity index (χ1v) is 11.9. The second kappa shape index (κ2) is 10.9. The molecule has 1 fully saturated rings. The van der Waals surface area contributed by atoms with Gasteiger partial charge < -0.3 is 19.9 Å². The minimum absolute atomic E-state index is 0.0908. The van der Waals surface area contributed by atoms with Crippen molar-refractivity contribution < 1.29 is 14.6 Å². The van der Waals surface area contributed by atoms with Crippen LogP contribution in [0.25, 0.3) is 0 Å². The predicted molar refractivity (Wildman–Crippen MR) is 126 cm³/mol. The minimum atomic E-state index is -0.522. The van der Waals surface area contributed by atoms with E-state index in [1.54, 1.807) is 0 Å². The van der Waals surface area contributed by atoms with Gasteiger partial charge >= 0.3 is 0 Å². The van der Waals surface area contributed by atoms with Gasteiger partial charge in [-0.2, -0.15) is 0 Å². The number of benzene rings is 1. The van der Waals surface area contributed by atoms with Crippen molar-refractivity contribution in [3.05, 3.63) is 23.3 Å². The van der Waals surface area contributed by atoms with Gasteiger partial charge in [-0.15, -0.1) is 0 Å². The maximum Gasteiger partial charge on any atom is 0.127 e. The van der Waals surface area contributed by atoms with Crippen molar-refractivity contribution in [3.8, 4) is 11.5 Å². The number of aliphatic hydroxyl groups is 1. The average Bonchev–Trinajstić information content (AvgIpc) is 3.17. The van der Waals surface area contributed by atoms with E-state index in [1.807, 2.05) is 0 Å². The molecule has 0 bridgehead atoms. The lowest BCUT2D eigenvalue weighted by Gasteiger charge is -2.31. The van der Waals surface area contributed by atoms with Crippen molar-refractivity contribution in [2.45, 2.75) is 110 Å². The van der Waals surface area contributed by atoms with Crippen molar-refractivity contribution in [1.29, 1.82) is 0 Å². The van der Waals surface area contributed by atoms with E-state index in [-0.39, 0.29) is 10.8 Å². The van der Waals surface area contributed by atoms with E-state index < -0.39 is 6.10 Å². The monoisotopic (exact) mass is 419 g/mol. The zero-order valence-corrected chi connectivity index (χ0v) is 20.4. The Bertz CT molecular complexity index is 616. The van der Waals surface area contributed by atoms with E-state index in [1.165, 1.54) is 25.7 Å². The maximum atomic E-state index is 10.5. The molecule has 1 saturated carbocycles. The van der Waals surface area contributed by atoms with Gasteiger partial charge in [0.2, 0.25) is 0 Å². The van der Waals surface area contributed by atoms with Crippen LogP contribution >= 0.6 is 0 Å². The summed E-state index contributed by atoms with van der Waals surface area (Å²) >= 11 is 0. The lowest BCUT2D eigenvalue weighted by Crippen LogP contribution is -2.37. The van der Waals surface area contributed by atoms with Crippen LogP contribution in [0.4, 0.5) is 0 Å². The molecule has 1 unspecified atom stereocenters. The molecule has 0 aromatic heterocycles. The first-order valence-electron chi connectivity index (χ1n) is 11.9. The molecule has 2 N–H and O–H groups in total. The molecule has 1 aliphatic rings. The third kappa shape index (κ3) is 7.46. The highest BCUT2D eigenvalue weighted by Gasteiger charge is 2.29. The van der Waals surface area contributed by atoms with Crippen LogP contribution in [0.3, 0.4) is 0 Å². The number of unbranched alkanes of at least 4 members (excludes halogenated alkanes) is 1. The molecule has 0 heterocycles. The van der Waals surface area contributed by atoms with E-state index in [2.05, 4.69) is 65.9 Å². The predicted octanol–water partition coefficient (Wildman–Crippen LogP) is 5.73. The average molecular weight is 420 g/mol. The Morgan fingerprint density at radius 3 is 2.07 bits per heavy atom. The van der Waals surface area contributed by atoms with Crippen LogP contribution in [0.1, 0.15) is 98.1 Å². The third-order valence-electron chi connectivity index (χ3n) is 5.86. The van der Waals surface area contributed by atoms with Gasteiger partial charge in [0.05, 0.1) is 6.61 Å². The summed E-state index contributed by atoms with van der Waals surface area (Å²) < 4.78 is 12.4. The van der Waals surface area contributed by atoms with E-state index >= 15 is 0 Å². The van der Waals surface area contributed by atoms with Gasteiger partial charge in [-0.3, -0.25) is 0 Å².